The Kier molecular flexibility index (Phi) is 6.56. The van der Waals surface area contributed by atoms with Crippen molar-refractivity contribution in [2.75, 3.05) is 31.1 Å². The van der Waals surface area contributed by atoms with E-state index in [0.29, 0.717) is 6.54 Å². The molecule has 1 aromatic rings. The second-order valence-electron chi connectivity index (χ2n) is 10.1. The third kappa shape index (κ3) is 5.02. The number of aryl methyl sites for hydroxylation is 2. The molecule has 6 nitrogen and oxygen atoms in total. The monoisotopic (exact) mass is 468 g/mol. The standard InChI is InChI=1S/C23H36N2O4S2/c1-23(2,25-12-6-3-7-13-25)17-24-21-15-30(26,27)16-22(21)31(28,29)20-11-10-18-8-4-5-9-19(18)14-20/h10-11,14,21-22,24H,3-9,12-13,15-17H2,1-2H3/t21-,22-/m0/s1. The molecule has 1 aromatic carbocycles. The Morgan fingerprint density at radius 3 is 2.39 bits per heavy atom. The van der Waals surface area contributed by atoms with Gasteiger partial charge in [-0.1, -0.05) is 12.5 Å². The number of likely N-dealkylation sites (tertiary alicyclic amines) is 1. The molecular formula is C23H36N2O4S2. The molecule has 8 heteroatoms. The molecule has 2 saturated heterocycles. The summed E-state index contributed by atoms with van der Waals surface area (Å²) >= 11 is 0. The molecule has 3 aliphatic rings. The molecular weight excluding hydrogens is 432 g/mol. The normalized spacial score (nSPS) is 27.2. The number of nitrogens with one attached hydrogen (secondary N) is 1. The number of nitrogens with zero attached hydrogens (tertiary/aromatic N) is 1. The second-order valence-corrected chi connectivity index (χ2v) is 14.5. The van der Waals surface area contributed by atoms with Crippen molar-refractivity contribution in [2.24, 2.45) is 0 Å². The number of sulfone groups is 2. The van der Waals surface area contributed by atoms with Crippen molar-refractivity contribution in [2.45, 2.75) is 80.5 Å². The van der Waals surface area contributed by atoms with E-state index < -0.39 is 31.0 Å². The van der Waals surface area contributed by atoms with E-state index in [-0.39, 0.29) is 21.9 Å². The van der Waals surface area contributed by atoms with Crippen LogP contribution in [0.5, 0.6) is 0 Å². The summed E-state index contributed by atoms with van der Waals surface area (Å²) in [4.78, 5) is 2.71. The first-order valence-corrected chi connectivity index (χ1v) is 15.0. The Labute approximate surface area is 187 Å². The van der Waals surface area contributed by atoms with Gasteiger partial charge in [-0.15, -0.1) is 0 Å². The first kappa shape index (κ1) is 23.2. The van der Waals surface area contributed by atoms with Crippen LogP contribution < -0.4 is 5.32 Å². The van der Waals surface area contributed by atoms with Crippen molar-refractivity contribution in [1.82, 2.24) is 10.2 Å². The highest BCUT2D eigenvalue weighted by atomic mass is 32.2. The Morgan fingerprint density at radius 1 is 1.00 bits per heavy atom. The average Bonchev–Trinajstić information content (AvgIpc) is 3.08. The topological polar surface area (TPSA) is 83.5 Å². The van der Waals surface area contributed by atoms with Crippen LogP contribution in [0.4, 0.5) is 0 Å². The molecule has 2 heterocycles. The van der Waals surface area contributed by atoms with Gasteiger partial charge in [0.2, 0.25) is 0 Å². The molecule has 0 amide bonds. The van der Waals surface area contributed by atoms with Crippen molar-refractivity contribution >= 4 is 19.7 Å². The molecule has 4 rings (SSSR count). The number of benzene rings is 1. The highest BCUT2D eigenvalue weighted by Gasteiger charge is 2.46. The van der Waals surface area contributed by atoms with Gasteiger partial charge in [0.15, 0.2) is 19.7 Å². The third-order valence-electron chi connectivity index (χ3n) is 7.36. The van der Waals surface area contributed by atoms with Gasteiger partial charge in [0.1, 0.15) is 0 Å². The lowest BCUT2D eigenvalue weighted by Crippen LogP contribution is -2.56. The summed E-state index contributed by atoms with van der Waals surface area (Å²) in [6.07, 6.45) is 7.70. The van der Waals surface area contributed by atoms with Crippen LogP contribution in [0.1, 0.15) is 57.1 Å². The zero-order chi connectivity index (χ0) is 22.3. The van der Waals surface area contributed by atoms with E-state index in [4.69, 9.17) is 0 Å². The van der Waals surface area contributed by atoms with Gasteiger partial charge in [-0.05, 0) is 88.7 Å². The SMILES string of the molecule is CC(C)(CN[C@H]1CS(=O)(=O)C[C@@H]1S(=O)(=O)c1ccc2c(c1)CCCC2)N1CCCCC1. The Bertz CT molecular complexity index is 1010. The summed E-state index contributed by atoms with van der Waals surface area (Å²) in [6.45, 7) is 6.95. The lowest BCUT2D eigenvalue weighted by atomic mass is 9.92. The number of hydrogen-bond acceptors (Lipinski definition) is 6. The highest BCUT2D eigenvalue weighted by molar-refractivity contribution is 7.96. The van der Waals surface area contributed by atoms with E-state index in [1.54, 1.807) is 12.1 Å². The first-order valence-electron chi connectivity index (χ1n) is 11.6. The fraction of sp³-hybridized carbons (Fsp3) is 0.739. The minimum atomic E-state index is -3.74. The van der Waals surface area contributed by atoms with E-state index in [0.717, 1.165) is 44.3 Å². The van der Waals surface area contributed by atoms with Gasteiger partial charge in [-0.2, -0.15) is 0 Å². The third-order valence-corrected chi connectivity index (χ3v) is 11.5. The fourth-order valence-corrected chi connectivity index (χ4v) is 10.1. The minimum absolute atomic E-state index is 0.113. The van der Waals surface area contributed by atoms with E-state index in [2.05, 4.69) is 24.1 Å². The molecule has 1 N–H and O–H groups in total. The maximum absolute atomic E-state index is 13.5. The zero-order valence-corrected chi connectivity index (χ0v) is 20.4. The smallest absolute Gasteiger partial charge is 0.183 e. The molecule has 31 heavy (non-hydrogen) atoms. The highest BCUT2D eigenvalue weighted by Crippen LogP contribution is 2.30. The van der Waals surface area contributed by atoms with Gasteiger partial charge >= 0.3 is 0 Å². The Balaban J connectivity index is 1.54. The summed E-state index contributed by atoms with van der Waals surface area (Å²) in [5.74, 6) is -0.411. The molecule has 2 fully saturated rings. The quantitative estimate of drug-likeness (QED) is 0.690. The average molecular weight is 469 g/mol. The van der Waals surface area contributed by atoms with Gasteiger partial charge in [-0.3, -0.25) is 4.90 Å². The van der Waals surface area contributed by atoms with Crippen molar-refractivity contribution in [3.63, 3.8) is 0 Å². The molecule has 1 aliphatic carbocycles. The van der Waals surface area contributed by atoms with Crippen LogP contribution in [-0.2, 0) is 32.5 Å². The number of fused-ring (bicyclic) bond motifs is 1. The van der Waals surface area contributed by atoms with E-state index in [1.165, 1.54) is 24.8 Å². The van der Waals surface area contributed by atoms with Crippen LogP contribution in [0.3, 0.4) is 0 Å². The van der Waals surface area contributed by atoms with Crippen molar-refractivity contribution in [1.29, 1.82) is 0 Å². The second kappa shape index (κ2) is 8.76. The lowest BCUT2D eigenvalue weighted by molar-refractivity contribution is 0.0925. The lowest BCUT2D eigenvalue weighted by Gasteiger charge is -2.42. The van der Waals surface area contributed by atoms with Crippen LogP contribution >= 0.6 is 0 Å². The molecule has 0 aromatic heterocycles. The summed E-state index contributed by atoms with van der Waals surface area (Å²) < 4.78 is 52.0. The van der Waals surface area contributed by atoms with Gasteiger partial charge in [0, 0.05) is 18.1 Å². The number of hydrogen-bond donors (Lipinski definition) is 1. The summed E-state index contributed by atoms with van der Waals surface area (Å²) in [6, 6.07) is 4.82. The van der Waals surface area contributed by atoms with Crippen molar-refractivity contribution in [3.05, 3.63) is 29.3 Å². The molecule has 0 bridgehead atoms. The van der Waals surface area contributed by atoms with Gasteiger partial charge in [-0.25, -0.2) is 16.8 Å². The molecule has 0 unspecified atom stereocenters. The Morgan fingerprint density at radius 2 is 1.68 bits per heavy atom. The van der Waals surface area contributed by atoms with Crippen LogP contribution in [0.2, 0.25) is 0 Å². The van der Waals surface area contributed by atoms with Gasteiger partial charge in [0.25, 0.3) is 0 Å². The van der Waals surface area contributed by atoms with Crippen molar-refractivity contribution < 1.29 is 16.8 Å². The molecule has 0 spiro atoms. The van der Waals surface area contributed by atoms with Crippen LogP contribution in [0, 0.1) is 0 Å². The zero-order valence-electron chi connectivity index (χ0n) is 18.8. The predicted octanol–water partition coefficient (Wildman–Crippen LogP) is 2.36. The van der Waals surface area contributed by atoms with Crippen LogP contribution in [0.15, 0.2) is 23.1 Å². The number of rotatable bonds is 6. The van der Waals surface area contributed by atoms with E-state index in [9.17, 15) is 16.8 Å². The molecule has 2 atom stereocenters. The minimum Gasteiger partial charge on any atom is -0.310 e. The maximum atomic E-state index is 13.5. The molecule has 2 aliphatic heterocycles. The van der Waals surface area contributed by atoms with Crippen molar-refractivity contribution in [3.8, 4) is 0 Å². The van der Waals surface area contributed by atoms with E-state index in [1.807, 2.05) is 6.07 Å². The molecule has 174 valence electrons. The van der Waals surface area contributed by atoms with E-state index >= 15 is 0 Å². The summed E-state index contributed by atoms with van der Waals surface area (Å²) in [5, 5.41) is 2.43. The predicted molar refractivity (Wildman–Crippen MR) is 124 cm³/mol. The van der Waals surface area contributed by atoms with Gasteiger partial charge < -0.3 is 5.32 Å². The van der Waals surface area contributed by atoms with Crippen LogP contribution in [0.25, 0.3) is 0 Å². The molecule has 0 saturated carbocycles. The first-order chi connectivity index (χ1) is 14.6. The number of piperidine rings is 1. The fourth-order valence-electron chi connectivity index (χ4n) is 5.37. The maximum Gasteiger partial charge on any atom is 0.183 e. The van der Waals surface area contributed by atoms with Gasteiger partial charge in [0.05, 0.1) is 21.7 Å². The summed E-state index contributed by atoms with van der Waals surface area (Å²) in [5.41, 5.74) is 2.18. The summed E-state index contributed by atoms with van der Waals surface area (Å²) in [7, 11) is -7.14. The Hall–Kier alpha value is -0.960. The molecule has 0 radical (unpaired) electrons. The largest absolute Gasteiger partial charge is 0.310 e. The van der Waals surface area contributed by atoms with Crippen LogP contribution in [-0.4, -0.2) is 69.7 Å².